The van der Waals surface area contributed by atoms with Gasteiger partial charge in [-0.1, -0.05) is 51.8 Å². The number of hydrogen-bond donors (Lipinski definition) is 2. The first-order valence-corrected chi connectivity index (χ1v) is 12.8. The second-order valence-corrected chi connectivity index (χ2v) is 11.0. The van der Waals surface area contributed by atoms with Crippen molar-refractivity contribution in [3.05, 3.63) is 99.3 Å². The number of rotatable bonds is 4. The number of hydrogen-bond acceptors (Lipinski definition) is 3. The highest BCUT2D eigenvalue weighted by atomic mass is 79.9. The molecule has 3 aromatic carbocycles. The molecular formula is C24H19BrClFN2O2S. The molecule has 1 heterocycles. The molecule has 0 radical (unpaired) electrons. The fourth-order valence-electron chi connectivity index (χ4n) is 4.60. The van der Waals surface area contributed by atoms with Crippen LogP contribution in [0.3, 0.4) is 0 Å². The predicted octanol–water partition coefficient (Wildman–Crippen LogP) is 6.87. The van der Waals surface area contributed by atoms with E-state index in [0.717, 1.165) is 22.1 Å². The third-order valence-electron chi connectivity index (χ3n) is 6.03. The predicted molar refractivity (Wildman–Crippen MR) is 129 cm³/mol. The summed E-state index contributed by atoms with van der Waals surface area (Å²) in [6.07, 6.45) is 4.89. The van der Waals surface area contributed by atoms with Crippen LogP contribution in [0.5, 0.6) is 0 Å². The second kappa shape index (κ2) is 8.21. The molecule has 1 aliphatic heterocycles. The van der Waals surface area contributed by atoms with Crippen molar-refractivity contribution in [3.8, 4) is 0 Å². The minimum atomic E-state index is -3.78. The Kier molecular flexibility index (Phi) is 5.51. The van der Waals surface area contributed by atoms with Crippen molar-refractivity contribution in [2.45, 2.75) is 23.3 Å². The Morgan fingerprint density at radius 1 is 1.09 bits per heavy atom. The lowest BCUT2D eigenvalue weighted by molar-refractivity contribution is 0.413. The first-order chi connectivity index (χ1) is 15.3. The smallest absolute Gasteiger partial charge is 0.261 e. The summed E-state index contributed by atoms with van der Waals surface area (Å²) in [5, 5.41) is 3.80. The summed E-state index contributed by atoms with van der Waals surface area (Å²) < 4.78 is 44.2. The first-order valence-electron chi connectivity index (χ1n) is 10.1. The van der Waals surface area contributed by atoms with Gasteiger partial charge in [0.05, 0.1) is 10.9 Å². The number of sulfonamides is 1. The third kappa shape index (κ3) is 3.83. The maximum absolute atomic E-state index is 14.7. The van der Waals surface area contributed by atoms with Gasteiger partial charge in [0.1, 0.15) is 5.82 Å². The molecule has 0 fully saturated rings. The van der Waals surface area contributed by atoms with E-state index in [4.69, 9.17) is 11.6 Å². The molecule has 3 aromatic rings. The Hall–Kier alpha value is -2.35. The number of benzene rings is 3. The van der Waals surface area contributed by atoms with Crippen molar-refractivity contribution in [1.82, 2.24) is 0 Å². The quantitative estimate of drug-likeness (QED) is 0.360. The maximum Gasteiger partial charge on any atom is 0.261 e. The highest BCUT2D eigenvalue weighted by molar-refractivity contribution is 9.10. The van der Waals surface area contributed by atoms with Crippen LogP contribution < -0.4 is 10.0 Å². The van der Waals surface area contributed by atoms with E-state index in [-0.39, 0.29) is 28.6 Å². The molecule has 3 atom stereocenters. The molecule has 4 nitrogen and oxygen atoms in total. The Morgan fingerprint density at radius 3 is 2.69 bits per heavy atom. The van der Waals surface area contributed by atoms with Crippen LogP contribution in [0.4, 0.5) is 15.8 Å². The van der Waals surface area contributed by atoms with Gasteiger partial charge in [0, 0.05) is 32.4 Å². The van der Waals surface area contributed by atoms with Gasteiger partial charge in [-0.25, -0.2) is 12.8 Å². The van der Waals surface area contributed by atoms with Crippen molar-refractivity contribution in [3.63, 3.8) is 0 Å². The van der Waals surface area contributed by atoms with Crippen molar-refractivity contribution in [2.24, 2.45) is 5.92 Å². The largest absolute Gasteiger partial charge is 0.378 e. The molecule has 0 saturated carbocycles. The lowest BCUT2D eigenvalue weighted by Gasteiger charge is -2.38. The molecule has 32 heavy (non-hydrogen) atoms. The molecule has 0 aromatic heterocycles. The summed E-state index contributed by atoms with van der Waals surface area (Å²) in [5.74, 6) is -0.345. The van der Waals surface area contributed by atoms with Gasteiger partial charge in [-0.15, -0.1) is 0 Å². The molecule has 0 bridgehead atoms. The summed E-state index contributed by atoms with van der Waals surface area (Å²) in [4.78, 5) is 0.180. The van der Waals surface area contributed by atoms with E-state index < -0.39 is 10.0 Å². The lowest BCUT2D eigenvalue weighted by Crippen LogP contribution is -2.30. The van der Waals surface area contributed by atoms with Crippen LogP contribution in [-0.4, -0.2) is 8.42 Å². The zero-order valence-electron chi connectivity index (χ0n) is 16.7. The van der Waals surface area contributed by atoms with Gasteiger partial charge >= 0.3 is 0 Å². The highest BCUT2D eigenvalue weighted by Gasteiger charge is 2.40. The van der Waals surface area contributed by atoms with Crippen LogP contribution in [0.2, 0.25) is 5.02 Å². The molecule has 2 aliphatic rings. The number of nitrogens with one attached hydrogen (secondary N) is 2. The fraction of sp³-hybridized carbons (Fsp3) is 0.167. The van der Waals surface area contributed by atoms with Gasteiger partial charge in [-0.2, -0.15) is 0 Å². The lowest BCUT2D eigenvalue weighted by atomic mass is 9.77. The van der Waals surface area contributed by atoms with Crippen LogP contribution in [-0.2, 0) is 10.0 Å². The average molecular weight is 534 g/mol. The minimum Gasteiger partial charge on any atom is -0.378 e. The van der Waals surface area contributed by atoms with E-state index >= 15 is 0 Å². The normalized spacial score (nSPS) is 21.5. The average Bonchev–Trinajstić information content (AvgIpc) is 3.23. The summed E-state index contributed by atoms with van der Waals surface area (Å²) in [6.45, 7) is 0. The van der Waals surface area contributed by atoms with Crippen LogP contribution in [0.1, 0.15) is 29.5 Å². The van der Waals surface area contributed by atoms with Gasteiger partial charge in [-0.3, -0.25) is 4.72 Å². The summed E-state index contributed by atoms with van der Waals surface area (Å²) in [7, 11) is -3.78. The zero-order chi connectivity index (χ0) is 22.5. The molecular weight excluding hydrogens is 515 g/mol. The van der Waals surface area contributed by atoms with Gasteiger partial charge in [0.15, 0.2) is 0 Å². The van der Waals surface area contributed by atoms with Gasteiger partial charge in [0.25, 0.3) is 10.0 Å². The van der Waals surface area contributed by atoms with E-state index in [1.165, 1.54) is 6.07 Å². The van der Waals surface area contributed by atoms with E-state index in [1.807, 2.05) is 6.07 Å². The van der Waals surface area contributed by atoms with Gasteiger partial charge < -0.3 is 5.32 Å². The monoisotopic (exact) mass is 532 g/mol. The molecule has 0 saturated heterocycles. The number of anilines is 2. The molecule has 0 spiro atoms. The number of fused-ring (bicyclic) bond motifs is 3. The first kappa shape index (κ1) is 21.5. The van der Waals surface area contributed by atoms with Crippen LogP contribution in [0.15, 0.2) is 82.2 Å². The van der Waals surface area contributed by atoms with E-state index in [1.54, 1.807) is 48.5 Å². The summed E-state index contributed by atoms with van der Waals surface area (Å²) >= 11 is 9.72. The van der Waals surface area contributed by atoms with Gasteiger partial charge in [-0.05, 0) is 66.4 Å². The fourth-order valence-corrected chi connectivity index (χ4v) is 6.36. The van der Waals surface area contributed by atoms with Crippen LogP contribution in [0.25, 0.3) is 0 Å². The molecule has 5 rings (SSSR count). The highest BCUT2D eigenvalue weighted by Crippen LogP contribution is 2.51. The second-order valence-electron chi connectivity index (χ2n) is 7.98. The third-order valence-corrected chi connectivity index (χ3v) is 8.23. The maximum atomic E-state index is 14.7. The standard InChI is InChI=1S/C24H19BrClFN2O2S/c25-14-4-1-5-15(12-14)29-32(30,31)16-10-11-22-19(13-16)17-6-2-7-18(17)24(28-22)23-20(26)8-3-9-21(23)27/h1-6,8-13,17-18,24,28-29H,7H2/t17-,18+,24-/m0/s1. The van der Waals surface area contributed by atoms with Crippen molar-refractivity contribution >= 4 is 48.9 Å². The SMILES string of the molecule is O=S(=O)(Nc1cccc(Br)c1)c1ccc2c(c1)[C@H]1C=CC[C@H]1[C@@H](c1c(F)cccc1Cl)N2. The topological polar surface area (TPSA) is 58.2 Å². The molecule has 164 valence electrons. The van der Waals surface area contributed by atoms with Gasteiger partial charge in [0.2, 0.25) is 0 Å². The molecule has 0 amide bonds. The Labute approximate surface area is 199 Å². The number of allylic oxidation sites excluding steroid dienone is 2. The Balaban J connectivity index is 1.52. The van der Waals surface area contributed by atoms with Crippen LogP contribution >= 0.6 is 27.5 Å². The van der Waals surface area contributed by atoms with Crippen molar-refractivity contribution in [2.75, 3.05) is 10.0 Å². The van der Waals surface area contributed by atoms with Crippen molar-refractivity contribution < 1.29 is 12.8 Å². The van der Waals surface area contributed by atoms with Crippen molar-refractivity contribution in [1.29, 1.82) is 0 Å². The zero-order valence-corrected chi connectivity index (χ0v) is 19.9. The van der Waals surface area contributed by atoms with Crippen LogP contribution in [0, 0.1) is 11.7 Å². The molecule has 1 aliphatic carbocycles. The molecule has 0 unspecified atom stereocenters. The summed E-state index contributed by atoms with van der Waals surface area (Å²) in [6, 6.07) is 16.4. The van der Waals surface area contributed by atoms with E-state index in [9.17, 15) is 12.8 Å². The molecule has 8 heteroatoms. The number of halogens is 3. The summed E-state index contributed by atoms with van der Waals surface area (Å²) in [5.41, 5.74) is 2.59. The Bertz CT molecular complexity index is 1330. The molecule has 2 N–H and O–H groups in total. The minimum absolute atomic E-state index is 0.0343. The van der Waals surface area contributed by atoms with E-state index in [0.29, 0.717) is 16.3 Å². The Morgan fingerprint density at radius 2 is 1.91 bits per heavy atom. The van der Waals surface area contributed by atoms with E-state index in [2.05, 4.69) is 38.1 Å².